The monoisotopic (exact) mass is 482 g/mol. The normalized spacial score (nSPS) is 13.4. The van der Waals surface area contributed by atoms with Gasteiger partial charge < -0.3 is 9.85 Å². The van der Waals surface area contributed by atoms with Gasteiger partial charge in [-0.1, -0.05) is 162 Å². The van der Waals surface area contributed by atoms with Crippen LogP contribution in [0.4, 0.5) is 0 Å². The third-order valence-electron chi connectivity index (χ3n) is 7.72. The molecule has 0 saturated carbocycles. The zero-order valence-electron chi connectivity index (χ0n) is 24.4. The summed E-state index contributed by atoms with van der Waals surface area (Å²) in [7, 11) is 1.91. The molecule has 0 N–H and O–H groups in total. The van der Waals surface area contributed by atoms with E-state index in [1.165, 1.54) is 161 Å². The minimum absolute atomic E-state index is 0.00368. The number of rotatable bonds is 29. The Kier molecular flexibility index (Phi) is 27.4. The van der Waals surface area contributed by atoms with E-state index in [9.17, 15) is 5.21 Å². The zero-order chi connectivity index (χ0) is 25.0. The molecule has 0 radical (unpaired) electrons. The molecule has 0 aromatic carbocycles. The van der Waals surface area contributed by atoms with E-state index in [4.69, 9.17) is 0 Å². The highest BCUT2D eigenvalue weighted by atomic mass is 16.5. The first-order valence-corrected chi connectivity index (χ1v) is 16.2. The molecule has 34 heavy (non-hydrogen) atoms. The van der Waals surface area contributed by atoms with Gasteiger partial charge in [0.15, 0.2) is 0 Å². The van der Waals surface area contributed by atoms with Crippen molar-refractivity contribution in [1.82, 2.24) is 0 Å². The number of nitrogens with zero attached hydrogens (tertiary/aromatic N) is 1. The Morgan fingerprint density at radius 2 is 0.500 bits per heavy atom. The van der Waals surface area contributed by atoms with Gasteiger partial charge in [-0.05, 0) is 25.7 Å². The van der Waals surface area contributed by atoms with Gasteiger partial charge in [-0.2, -0.15) is 0 Å². The Bertz CT molecular complexity index is 368. The van der Waals surface area contributed by atoms with Crippen molar-refractivity contribution in [1.29, 1.82) is 0 Å². The summed E-state index contributed by atoms with van der Waals surface area (Å²) in [5.74, 6) is 0. The van der Waals surface area contributed by atoms with Gasteiger partial charge in [0.05, 0.1) is 20.1 Å². The average Bonchev–Trinajstić information content (AvgIpc) is 2.82. The van der Waals surface area contributed by atoms with E-state index in [2.05, 4.69) is 13.8 Å². The van der Waals surface area contributed by atoms with Crippen LogP contribution in [0.3, 0.4) is 0 Å². The van der Waals surface area contributed by atoms with Crippen LogP contribution < -0.4 is 0 Å². The highest BCUT2D eigenvalue weighted by molar-refractivity contribution is 4.52. The molecule has 0 bridgehead atoms. The van der Waals surface area contributed by atoms with Crippen LogP contribution in [0.5, 0.6) is 0 Å². The maximum atomic E-state index is 12.7. The molecule has 0 aliphatic carbocycles. The summed E-state index contributed by atoms with van der Waals surface area (Å²) in [6, 6.07) is 0. The van der Waals surface area contributed by atoms with E-state index in [0.717, 1.165) is 25.9 Å². The van der Waals surface area contributed by atoms with Crippen LogP contribution in [0.1, 0.15) is 187 Å². The van der Waals surface area contributed by atoms with Gasteiger partial charge >= 0.3 is 0 Å². The molecule has 0 aliphatic rings. The molecule has 0 fully saturated rings. The minimum atomic E-state index is -0.00368. The summed E-state index contributed by atoms with van der Waals surface area (Å²) in [6.07, 6.45) is 37.2. The van der Waals surface area contributed by atoms with E-state index < -0.39 is 0 Å². The van der Waals surface area contributed by atoms with E-state index >= 15 is 0 Å². The highest BCUT2D eigenvalue weighted by Crippen LogP contribution is 2.15. The quantitative estimate of drug-likeness (QED) is 0.0591. The van der Waals surface area contributed by atoms with Crippen LogP contribution in [-0.4, -0.2) is 24.8 Å². The first-order chi connectivity index (χ1) is 16.6. The van der Waals surface area contributed by atoms with E-state index in [1.807, 2.05) is 7.05 Å². The maximum absolute atomic E-state index is 12.7. The lowest BCUT2D eigenvalue weighted by molar-refractivity contribution is -0.861. The van der Waals surface area contributed by atoms with Crippen LogP contribution in [0.15, 0.2) is 0 Å². The zero-order valence-corrected chi connectivity index (χ0v) is 24.4. The summed E-state index contributed by atoms with van der Waals surface area (Å²) in [5.41, 5.74) is 0. The molecule has 1 atom stereocenters. The van der Waals surface area contributed by atoms with Gasteiger partial charge in [0.1, 0.15) is 0 Å². The topological polar surface area (TPSA) is 23.1 Å². The minimum Gasteiger partial charge on any atom is -0.633 e. The SMILES string of the molecule is CCCCCCCCCCCCCCCC[N+](C)([O-])CCCCCCCCCCCCCCC. The Morgan fingerprint density at radius 1 is 0.324 bits per heavy atom. The predicted molar refractivity (Wildman–Crippen MR) is 155 cm³/mol. The Morgan fingerprint density at radius 3 is 0.706 bits per heavy atom. The number of hydroxylamine groups is 3. The lowest BCUT2D eigenvalue weighted by Crippen LogP contribution is -2.39. The van der Waals surface area contributed by atoms with Crippen molar-refractivity contribution >= 4 is 0 Å². The largest absolute Gasteiger partial charge is 0.633 e. The molecule has 2 heteroatoms. The molecule has 0 heterocycles. The van der Waals surface area contributed by atoms with Crippen molar-refractivity contribution in [2.75, 3.05) is 20.1 Å². The van der Waals surface area contributed by atoms with Gasteiger partial charge in [0.2, 0.25) is 0 Å². The molecule has 0 spiro atoms. The van der Waals surface area contributed by atoms with Crippen LogP contribution in [0.2, 0.25) is 0 Å². The van der Waals surface area contributed by atoms with Gasteiger partial charge in [-0.25, -0.2) is 0 Å². The lowest BCUT2D eigenvalue weighted by atomic mass is 10.0. The maximum Gasteiger partial charge on any atom is 0.0781 e. The third-order valence-corrected chi connectivity index (χ3v) is 7.72. The van der Waals surface area contributed by atoms with Crippen LogP contribution in [0, 0.1) is 5.21 Å². The van der Waals surface area contributed by atoms with Crippen molar-refractivity contribution in [3.8, 4) is 0 Å². The first-order valence-electron chi connectivity index (χ1n) is 16.2. The molecule has 0 aliphatic heterocycles. The fourth-order valence-electron chi connectivity index (χ4n) is 5.22. The van der Waals surface area contributed by atoms with E-state index in [-0.39, 0.29) is 4.65 Å². The lowest BCUT2D eigenvalue weighted by Gasteiger charge is -2.39. The molecule has 1 unspecified atom stereocenters. The number of unbranched alkanes of at least 4 members (excludes halogenated alkanes) is 25. The fourth-order valence-corrected chi connectivity index (χ4v) is 5.22. The van der Waals surface area contributed by atoms with Gasteiger partial charge in [-0.3, -0.25) is 0 Å². The highest BCUT2D eigenvalue weighted by Gasteiger charge is 2.09. The first kappa shape index (κ1) is 33.9. The second-order valence-electron chi connectivity index (χ2n) is 11.6. The second kappa shape index (κ2) is 27.5. The standard InChI is InChI=1S/C32H67NO/c1-4-6-8-10-12-14-16-18-20-22-24-26-28-30-32-33(3,34)31-29-27-25-23-21-19-17-15-13-11-9-7-5-2/h4-32H2,1-3H3. The Labute approximate surface area is 217 Å². The van der Waals surface area contributed by atoms with E-state index in [0.29, 0.717) is 0 Å². The molecular weight excluding hydrogens is 414 g/mol. The fraction of sp³-hybridized carbons (Fsp3) is 1.00. The van der Waals surface area contributed by atoms with Crippen molar-refractivity contribution in [2.45, 2.75) is 187 Å². The van der Waals surface area contributed by atoms with Gasteiger partial charge in [0, 0.05) is 0 Å². The summed E-state index contributed by atoms with van der Waals surface area (Å²) < 4.78 is -0.00368. The third kappa shape index (κ3) is 28.2. The number of quaternary nitrogens is 1. The van der Waals surface area contributed by atoms with Crippen molar-refractivity contribution < 1.29 is 4.65 Å². The molecular formula is C32H67NO. The van der Waals surface area contributed by atoms with Crippen molar-refractivity contribution in [3.05, 3.63) is 5.21 Å². The summed E-state index contributed by atoms with van der Waals surface area (Å²) in [6.45, 7) is 6.24. The second-order valence-corrected chi connectivity index (χ2v) is 11.6. The van der Waals surface area contributed by atoms with Crippen LogP contribution in [-0.2, 0) is 0 Å². The summed E-state index contributed by atoms with van der Waals surface area (Å²) in [4.78, 5) is 0. The molecule has 0 saturated heterocycles. The summed E-state index contributed by atoms with van der Waals surface area (Å²) in [5, 5.41) is 12.7. The predicted octanol–water partition coefficient (Wildman–Crippen LogP) is 11.5. The Balaban J connectivity index is 3.28. The smallest absolute Gasteiger partial charge is 0.0781 e. The molecule has 0 rings (SSSR count). The molecule has 0 aromatic heterocycles. The molecule has 206 valence electrons. The number of hydrogen-bond acceptors (Lipinski definition) is 1. The van der Waals surface area contributed by atoms with Crippen molar-refractivity contribution in [3.63, 3.8) is 0 Å². The molecule has 0 amide bonds. The van der Waals surface area contributed by atoms with Crippen LogP contribution >= 0.6 is 0 Å². The van der Waals surface area contributed by atoms with Gasteiger partial charge in [-0.15, -0.1) is 0 Å². The average molecular weight is 482 g/mol. The number of hydrogen-bond donors (Lipinski definition) is 0. The molecule has 0 aromatic rings. The van der Waals surface area contributed by atoms with Crippen LogP contribution in [0.25, 0.3) is 0 Å². The van der Waals surface area contributed by atoms with Crippen molar-refractivity contribution in [2.24, 2.45) is 0 Å². The molecule has 2 nitrogen and oxygen atoms in total. The van der Waals surface area contributed by atoms with E-state index in [1.54, 1.807) is 0 Å². The Hall–Kier alpha value is -0.0800. The summed E-state index contributed by atoms with van der Waals surface area (Å²) >= 11 is 0. The van der Waals surface area contributed by atoms with Gasteiger partial charge in [0.25, 0.3) is 0 Å².